The molecule has 52 valence electrons. The summed E-state index contributed by atoms with van der Waals surface area (Å²) in [7, 11) is 0. The van der Waals surface area contributed by atoms with E-state index in [4.69, 9.17) is 10.2 Å². The fraction of sp³-hybridized carbons (Fsp3) is 0.167. The summed E-state index contributed by atoms with van der Waals surface area (Å²) in [5.74, 6) is 1.54. The summed E-state index contributed by atoms with van der Waals surface area (Å²) >= 11 is 1.53. The van der Waals surface area contributed by atoms with Crippen LogP contribution in [0.3, 0.4) is 0 Å². The minimum Gasteiger partial charge on any atom is -0.446 e. The molecule has 2 rings (SSSR count). The number of nitrogens with two attached hydrogens (primary N) is 1. The molecule has 0 saturated heterocycles. The van der Waals surface area contributed by atoms with Crippen molar-refractivity contribution in [2.75, 3.05) is 0 Å². The van der Waals surface area contributed by atoms with Crippen molar-refractivity contribution in [1.82, 2.24) is 0 Å². The predicted octanol–water partition coefficient (Wildman–Crippen LogP) is 1.47. The molecule has 1 aliphatic rings. The standard InChI is InChI=1S/C6H6N2OS/c7-6-8-5-4(3-10-6)1-2-9-5/h1-2H,3H2,(H2,7,8). The molecule has 1 aliphatic heterocycles. The van der Waals surface area contributed by atoms with Gasteiger partial charge in [0.25, 0.3) is 0 Å². The summed E-state index contributed by atoms with van der Waals surface area (Å²) in [6.07, 6.45) is 1.63. The second-order valence-electron chi connectivity index (χ2n) is 1.99. The van der Waals surface area contributed by atoms with Gasteiger partial charge < -0.3 is 10.2 Å². The van der Waals surface area contributed by atoms with Gasteiger partial charge in [0.15, 0.2) is 5.17 Å². The molecule has 1 aromatic heterocycles. The number of aliphatic imine (C=N–C) groups is 1. The molecular weight excluding hydrogens is 148 g/mol. The van der Waals surface area contributed by atoms with E-state index in [-0.39, 0.29) is 0 Å². The van der Waals surface area contributed by atoms with Crippen LogP contribution in [0.1, 0.15) is 5.56 Å². The highest BCUT2D eigenvalue weighted by atomic mass is 32.2. The van der Waals surface area contributed by atoms with Crippen LogP contribution in [0, 0.1) is 0 Å². The van der Waals surface area contributed by atoms with Crippen molar-refractivity contribution in [3.63, 3.8) is 0 Å². The van der Waals surface area contributed by atoms with Crippen LogP contribution in [0.25, 0.3) is 0 Å². The zero-order valence-corrected chi connectivity index (χ0v) is 6.02. The molecule has 10 heavy (non-hydrogen) atoms. The van der Waals surface area contributed by atoms with Gasteiger partial charge in [-0.3, -0.25) is 0 Å². The second kappa shape index (κ2) is 2.05. The molecule has 0 fully saturated rings. The Bertz CT molecular complexity index is 279. The van der Waals surface area contributed by atoms with Gasteiger partial charge in [0.1, 0.15) is 0 Å². The number of thioether (sulfide) groups is 1. The Kier molecular flexibility index (Phi) is 1.20. The summed E-state index contributed by atoms with van der Waals surface area (Å²) in [5, 5.41) is 0.586. The van der Waals surface area contributed by atoms with Gasteiger partial charge >= 0.3 is 0 Å². The number of nitrogens with zero attached hydrogens (tertiary/aromatic N) is 1. The molecule has 4 heteroatoms. The molecule has 0 aromatic carbocycles. The normalized spacial score (nSPS) is 16.2. The molecule has 0 spiro atoms. The molecule has 3 nitrogen and oxygen atoms in total. The molecular formula is C6H6N2OS. The summed E-state index contributed by atoms with van der Waals surface area (Å²) in [6, 6.07) is 1.91. The average Bonchev–Trinajstić information content (AvgIpc) is 2.33. The van der Waals surface area contributed by atoms with E-state index in [1.165, 1.54) is 11.8 Å². The molecule has 0 bridgehead atoms. The van der Waals surface area contributed by atoms with E-state index in [2.05, 4.69) is 4.99 Å². The molecule has 0 unspecified atom stereocenters. The van der Waals surface area contributed by atoms with Gasteiger partial charge in [-0.25, -0.2) is 0 Å². The number of fused-ring (bicyclic) bond motifs is 1. The number of hydrogen-bond acceptors (Lipinski definition) is 4. The summed E-state index contributed by atoms with van der Waals surface area (Å²) in [6.45, 7) is 0. The molecule has 0 aliphatic carbocycles. The maximum Gasteiger partial charge on any atom is 0.224 e. The smallest absolute Gasteiger partial charge is 0.224 e. The van der Waals surface area contributed by atoms with Crippen LogP contribution in [0.4, 0.5) is 5.88 Å². The highest BCUT2D eigenvalue weighted by molar-refractivity contribution is 8.13. The van der Waals surface area contributed by atoms with Gasteiger partial charge in [-0.15, -0.1) is 0 Å². The van der Waals surface area contributed by atoms with E-state index in [1.54, 1.807) is 6.26 Å². The lowest BCUT2D eigenvalue weighted by Gasteiger charge is -2.04. The van der Waals surface area contributed by atoms with Crippen LogP contribution in [0.2, 0.25) is 0 Å². The Morgan fingerprint density at radius 1 is 1.70 bits per heavy atom. The SMILES string of the molecule is NC1=Nc2occc2CS1. The van der Waals surface area contributed by atoms with Crippen LogP contribution in [-0.2, 0) is 5.75 Å². The van der Waals surface area contributed by atoms with Crippen LogP contribution in [-0.4, -0.2) is 5.17 Å². The molecule has 0 amide bonds. The van der Waals surface area contributed by atoms with Gasteiger partial charge in [0.2, 0.25) is 5.88 Å². The summed E-state index contributed by atoms with van der Waals surface area (Å²) in [4.78, 5) is 4.00. The topological polar surface area (TPSA) is 51.5 Å². The minimum absolute atomic E-state index is 0.586. The van der Waals surface area contributed by atoms with Gasteiger partial charge in [-0.1, -0.05) is 11.8 Å². The summed E-state index contributed by atoms with van der Waals surface area (Å²) < 4.78 is 5.05. The largest absolute Gasteiger partial charge is 0.446 e. The number of amidine groups is 1. The molecule has 0 atom stereocenters. The molecule has 1 aromatic rings. The predicted molar refractivity (Wildman–Crippen MR) is 41.3 cm³/mol. The number of hydrogen-bond donors (Lipinski definition) is 1. The van der Waals surface area contributed by atoms with Crippen molar-refractivity contribution in [1.29, 1.82) is 0 Å². The van der Waals surface area contributed by atoms with Crippen molar-refractivity contribution in [2.24, 2.45) is 10.7 Å². The molecule has 2 N–H and O–H groups in total. The molecule has 0 radical (unpaired) electrons. The van der Waals surface area contributed by atoms with Crippen LogP contribution in [0.15, 0.2) is 21.7 Å². The first-order valence-electron chi connectivity index (χ1n) is 2.89. The lowest BCUT2D eigenvalue weighted by Crippen LogP contribution is -2.08. The zero-order chi connectivity index (χ0) is 6.97. The van der Waals surface area contributed by atoms with Gasteiger partial charge in [0.05, 0.1) is 6.26 Å². The monoisotopic (exact) mass is 154 g/mol. The molecule has 2 heterocycles. The van der Waals surface area contributed by atoms with Crippen molar-refractivity contribution >= 4 is 22.8 Å². The van der Waals surface area contributed by atoms with Crippen LogP contribution >= 0.6 is 11.8 Å². The molecule has 0 saturated carbocycles. The Morgan fingerprint density at radius 3 is 3.50 bits per heavy atom. The Hall–Kier alpha value is -0.900. The van der Waals surface area contributed by atoms with E-state index < -0.39 is 0 Å². The first-order valence-corrected chi connectivity index (χ1v) is 3.88. The van der Waals surface area contributed by atoms with Crippen molar-refractivity contribution in [3.05, 3.63) is 17.9 Å². The van der Waals surface area contributed by atoms with E-state index >= 15 is 0 Å². The Morgan fingerprint density at radius 2 is 2.60 bits per heavy atom. The highest BCUT2D eigenvalue weighted by Crippen LogP contribution is 2.29. The van der Waals surface area contributed by atoms with Gasteiger partial charge in [-0.2, -0.15) is 4.99 Å². The summed E-state index contributed by atoms with van der Waals surface area (Å²) in [5.41, 5.74) is 6.59. The second-order valence-corrected chi connectivity index (χ2v) is 2.99. The number of rotatable bonds is 0. The van der Waals surface area contributed by atoms with Crippen molar-refractivity contribution < 1.29 is 4.42 Å². The van der Waals surface area contributed by atoms with Crippen molar-refractivity contribution in [3.8, 4) is 0 Å². The lowest BCUT2D eigenvalue weighted by atomic mass is 10.4. The van der Waals surface area contributed by atoms with Gasteiger partial charge in [0, 0.05) is 11.3 Å². The quantitative estimate of drug-likeness (QED) is 0.615. The maximum absolute atomic E-state index is 5.46. The maximum atomic E-state index is 5.46. The third-order valence-corrected chi connectivity index (χ3v) is 2.15. The van der Waals surface area contributed by atoms with Crippen molar-refractivity contribution in [2.45, 2.75) is 5.75 Å². The highest BCUT2D eigenvalue weighted by Gasteiger charge is 2.11. The van der Waals surface area contributed by atoms with E-state index in [9.17, 15) is 0 Å². The van der Waals surface area contributed by atoms with E-state index in [0.717, 1.165) is 11.3 Å². The zero-order valence-electron chi connectivity index (χ0n) is 5.20. The first kappa shape index (κ1) is 5.85. The lowest BCUT2D eigenvalue weighted by molar-refractivity contribution is 0.576. The van der Waals surface area contributed by atoms with Crippen LogP contribution in [0.5, 0.6) is 0 Å². The van der Waals surface area contributed by atoms with Gasteiger partial charge in [-0.05, 0) is 6.07 Å². The third kappa shape index (κ3) is 0.806. The fourth-order valence-corrected chi connectivity index (χ4v) is 1.49. The third-order valence-electron chi connectivity index (χ3n) is 1.31. The first-order chi connectivity index (χ1) is 4.86. The fourth-order valence-electron chi connectivity index (χ4n) is 0.820. The van der Waals surface area contributed by atoms with Crippen LogP contribution < -0.4 is 5.73 Å². The Labute approximate surface area is 62.3 Å². The van der Waals surface area contributed by atoms with E-state index in [1.807, 2.05) is 6.07 Å². The minimum atomic E-state index is 0.586. The number of furan rings is 1. The Balaban J connectivity index is 2.50. The van der Waals surface area contributed by atoms with E-state index in [0.29, 0.717) is 11.1 Å². The average molecular weight is 154 g/mol.